The number of nitrogens with zero attached hydrogens (tertiary/aromatic N) is 1. The van der Waals surface area contributed by atoms with Crippen LogP contribution in [-0.2, 0) is 36.8 Å². The van der Waals surface area contributed by atoms with Crippen LogP contribution in [0.1, 0.15) is 45.2 Å². The van der Waals surface area contributed by atoms with Crippen LogP contribution < -0.4 is 10.6 Å². The fraction of sp³-hybridized carbons (Fsp3) is 0.379. The van der Waals surface area contributed by atoms with Crippen molar-refractivity contribution in [1.29, 1.82) is 0 Å². The van der Waals surface area contributed by atoms with Crippen molar-refractivity contribution < 1.29 is 33.4 Å². The fourth-order valence-corrected chi connectivity index (χ4v) is 3.96. The standard InChI is InChI=1S/C29H35N3O7/c1-6-22(31-27(35)38-18-19-12-8-7-9-13-19)25(33)30-23(26(34)37-5)16-20-17-32(28(36)39-29(2,3)4)24-15-11-10-14-21(20)24/h7-15,17,22-23H,6,16,18H2,1-5H3,(H,30,33)(H,31,35)/t22-,23+/m1/s1. The number of fused-ring (bicyclic) bond motifs is 1. The number of aromatic nitrogens is 1. The number of para-hydroxylation sites is 1. The monoisotopic (exact) mass is 537 g/mol. The molecule has 10 nitrogen and oxygen atoms in total. The number of methoxy groups -OCH3 is 1. The smallest absolute Gasteiger partial charge is 0.419 e. The minimum Gasteiger partial charge on any atom is -0.467 e. The van der Waals surface area contributed by atoms with Gasteiger partial charge in [0.05, 0.1) is 12.6 Å². The lowest BCUT2D eigenvalue weighted by atomic mass is 10.0. The van der Waals surface area contributed by atoms with E-state index in [1.807, 2.05) is 42.5 Å². The number of benzene rings is 2. The molecule has 39 heavy (non-hydrogen) atoms. The molecule has 0 spiro atoms. The summed E-state index contributed by atoms with van der Waals surface area (Å²) in [6.07, 6.45) is 0.586. The van der Waals surface area contributed by atoms with Gasteiger partial charge in [-0.3, -0.25) is 9.36 Å². The summed E-state index contributed by atoms with van der Waals surface area (Å²) in [5, 5.41) is 5.94. The van der Waals surface area contributed by atoms with Crippen LogP contribution in [0.5, 0.6) is 0 Å². The van der Waals surface area contributed by atoms with E-state index in [0.717, 1.165) is 10.9 Å². The van der Waals surface area contributed by atoms with Gasteiger partial charge >= 0.3 is 18.2 Å². The molecule has 0 aliphatic rings. The van der Waals surface area contributed by atoms with Gasteiger partial charge in [0.15, 0.2) is 0 Å². The van der Waals surface area contributed by atoms with Crippen LogP contribution in [-0.4, -0.2) is 53.4 Å². The molecule has 0 radical (unpaired) electrons. The molecule has 1 aromatic heterocycles. The second kappa shape index (κ2) is 12.9. The first-order chi connectivity index (χ1) is 18.5. The molecule has 0 aliphatic carbocycles. The number of ether oxygens (including phenoxy) is 3. The third-order valence-electron chi connectivity index (χ3n) is 5.84. The Morgan fingerprint density at radius 1 is 0.923 bits per heavy atom. The van der Waals surface area contributed by atoms with Crippen LogP contribution in [0.2, 0.25) is 0 Å². The lowest BCUT2D eigenvalue weighted by molar-refractivity contribution is -0.145. The number of hydrogen-bond acceptors (Lipinski definition) is 7. The Balaban J connectivity index is 1.74. The summed E-state index contributed by atoms with van der Waals surface area (Å²) >= 11 is 0. The zero-order valence-corrected chi connectivity index (χ0v) is 22.9. The molecule has 0 saturated heterocycles. The molecule has 0 aliphatic heterocycles. The third kappa shape index (κ3) is 8.07. The molecule has 2 N–H and O–H groups in total. The van der Waals surface area contributed by atoms with E-state index < -0.39 is 41.7 Å². The third-order valence-corrected chi connectivity index (χ3v) is 5.84. The van der Waals surface area contributed by atoms with E-state index in [1.165, 1.54) is 11.7 Å². The summed E-state index contributed by atoms with van der Waals surface area (Å²) in [6.45, 7) is 7.10. The highest BCUT2D eigenvalue weighted by atomic mass is 16.6. The Bertz CT molecular complexity index is 1310. The largest absolute Gasteiger partial charge is 0.467 e. The minimum atomic E-state index is -1.07. The number of rotatable bonds is 9. The van der Waals surface area contributed by atoms with Crippen LogP contribution in [0.25, 0.3) is 10.9 Å². The van der Waals surface area contributed by atoms with Crippen LogP contribution >= 0.6 is 0 Å². The Kier molecular flexibility index (Phi) is 9.70. The van der Waals surface area contributed by atoms with Gasteiger partial charge in [0, 0.05) is 18.0 Å². The van der Waals surface area contributed by atoms with Crippen LogP contribution in [0.15, 0.2) is 60.8 Å². The maximum atomic E-state index is 13.1. The summed E-state index contributed by atoms with van der Waals surface area (Å²) in [7, 11) is 1.22. The normalized spacial score (nSPS) is 12.7. The van der Waals surface area contributed by atoms with Crippen molar-refractivity contribution in [1.82, 2.24) is 15.2 Å². The van der Waals surface area contributed by atoms with Crippen molar-refractivity contribution in [3.8, 4) is 0 Å². The lowest BCUT2D eigenvalue weighted by Gasteiger charge is -2.21. The van der Waals surface area contributed by atoms with Crippen molar-refractivity contribution in [2.24, 2.45) is 0 Å². The number of amides is 2. The molecule has 2 aromatic carbocycles. The Labute approximate surface area is 227 Å². The van der Waals surface area contributed by atoms with Gasteiger partial charge in [0.1, 0.15) is 24.3 Å². The predicted octanol–water partition coefficient (Wildman–Crippen LogP) is 4.33. The maximum Gasteiger partial charge on any atom is 0.419 e. The maximum absolute atomic E-state index is 13.1. The second-order valence-corrected chi connectivity index (χ2v) is 9.98. The molecule has 1 heterocycles. The average molecular weight is 538 g/mol. The minimum absolute atomic E-state index is 0.0453. The van der Waals surface area contributed by atoms with E-state index in [2.05, 4.69) is 10.6 Å². The van der Waals surface area contributed by atoms with Gasteiger partial charge in [0.25, 0.3) is 0 Å². The molecular weight excluding hydrogens is 502 g/mol. The molecule has 10 heteroatoms. The lowest BCUT2D eigenvalue weighted by Crippen LogP contribution is -2.52. The first-order valence-corrected chi connectivity index (χ1v) is 12.7. The van der Waals surface area contributed by atoms with Gasteiger partial charge in [-0.15, -0.1) is 0 Å². The Morgan fingerprint density at radius 2 is 1.59 bits per heavy atom. The van der Waals surface area contributed by atoms with Gasteiger partial charge in [-0.05, 0) is 44.4 Å². The first-order valence-electron chi connectivity index (χ1n) is 12.7. The zero-order chi connectivity index (χ0) is 28.6. The van der Waals surface area contributed by atoms with E-state index >= 15 is 0 Å². The number of nitrogens with one attached hydrogen (secondary N) is 2. The number of carbonyl (C=O) groups is 4. The molecule has 3 aromatic rings. The van der Waals surface area contributed by atoms with Crippen molar-refractivity contribution in [2.75, 3.05) is 7.11 Å². The summed E-state index contributed by atoms with van der Waals surface area (Å²) in [5.74, 6) is -1.24. The van der Waals surface area contributed by atoms with E-state index in [9.17, 15) is 19.2 Å². The first kappa shape index (κ1) is 29.2. The van der Waals surface area contributed by atoms with Crippen LogP contribution in [0.3, 0.4) is 0 Å². The molecule has 0 saturated carbocycles. The van der Waals surface area contributed by atoms with Crippen molar-refractivity contribution >= 4 is 35.0 Å². The van der Waals surface area contributed by atoms with Crippen LogP contribution in [0.4, 0.5) is 9.59 Å². The highest BCUT2D eigenvalue weighted by molar-refractivity contribution is 5.93. The fourth-order valence-electron chi connectivity index (χ4n) is 3.96. The van der Waals surface area contributed by atoms with E-state index in [1.54, 1.807) is 46.0 Å². The molecule has 208 valence electrons. The zero-order valence-electron chi connectivity index (χ0n) is 22.9. The number of alkyl carbamates (subject to hydrolysis) is 1. The highest BCUT2D eigenvalue weighted by Gasteiger charge is 2.29. The number of carbonyl (C=O) groups excluding carboxylic acids is 4. The highest BCUT2D eigenvalue weighted by Crippen LogP contribution is 2.24. The van der Waals surface area contributed by atoms with Gasteiger partial charge in [-0.1, -0.05) is 55.5 Å². The van der Waals surface area contributed by atoms with Gasteiger partial charge in [0.2, 0.25) is 5.91 Å². The number of esters is 1. The predicted molar refractivity (Wildman–Crippen MR) is 145 cm³/mol. The summed E-state index contributed by atoms with van der Waals surface area (Å²) < 4.78 is 17.1. The van der Waals surface area contributed by atoms with Crippen molar-refractivity contribution in [3.63, 3.8) is 0 Å². The molecule has 2 atom stereocenters. The summed E-state index contributed by atoms with van der Waals surface area (Å²) in [6, 6.07) is 14.3. The van der Waals surface area contributed by atoms with E-state index in [0.29, 0.717) is 11.1 Å². The van der Waals surface area contributed by atoms with Crippen molar-refractivity contribution in [2.45, 2.75) is 64.8 Å². The number of hydrogen-bond donors (Lipinski definition) is 2. The Hall–Kier alpha value is -4.34. The van der Waals surface area contributed by atoms with Gasteiger partial charge in [-0.2, -0.15) is 0 Å². The second-order valence-electron chi connectivity index (χ2n) is 9.98. The van der Waals surface area contributed by atoms with Gasteiger partial charge < -0.3 is 24.8 Å². The molecule has 3 rings (SSSR count). The average Bonchev–Trinajstić information content (AvgIpc) is 3.28. The SMILES string of the molecule is CC[C@@H](NC(=O)OCc1ccccc1)C(=O)N[C@@H](Cc1cn(C(=O)OC(C)(C)C)c2ccccc12)C(=O)OC. The topological polar surface area (TPSA) is 125 Å². The summed E-state index contributed by atoms with van der Waals surface area (Å²) in [5.41, 5.74) is 1.35. The molecule has 2 amide bonds. The summed E-state index contributed by atoms with van der Waals surface area (Å²) in [4.78, 5) is 50.9. The van der Waals surface area contributed by atoms with Gasteiger partial charge in [-0.25, -0.2) is 14.4 Å². The van der Waals surface area contributed by atoms with E-state index in [-0.39, 0.29) is 19.4 Å². The molecular formula is C29H35N3O7. The molecule has 0 unspecified atom stereocenters. The quantitative estimate of drug-likeness (QED) is 0.307. The molecule has 0 bridgehead atoms. The van der Waals surface area contributed by atoms with E-state index in [4.69, 9.17) is 14.2 Å². The molecule has 0 fully saturated rings. The Morgan fingerprint density at radius 3 is 2.23 bits per heavy atom. The van der Waals surface area contributed by atoms with Crippen LogP contribution in [0, 0.1) is 0 Å². The van der Waals surface area contributed by atoms with Crippen molar-refractivity contribution in [3.05, 3.63) is 71.9 Å².